The van der Waals surface area contributed by atoms with Gasteiger partial charge in [0.25, 0.3) is 0 Å². The molecule has 3 rings (SSSR count). The number of hydrogen-bond acceptors (Lipinski definition) is 5. The van der Waals surface area contributed by atoms with E-state index < -0.39 is 0 Å². The lowest BCUT2D eigenvalue weighted by atomic mass is 10.1. The highest BCUT2D eigenvalue weighted by atomic mass is 16.5. The normalized spacial score (nSPS) is 10.7. The minimum absolute atomic E-state index is 0.177. The number of ketones is 1. The van der Waals surface area contributed by atoms with Crippen molar-refractivity contribution >= 4 is 11.9 Å². The molecule has 5 heteroatoms. The lowest BCUT2D eigenvalue weighted by molar-refractivity contribution is 0.104. The molecule has 3 aromatic carbocycles. The van der Waals surface area contributed by atoms with Gasteiger partial charge < -0.3 is 18.9 Å². The minimum Gasteiger partial charge on any atom is -0.497 e. The first-order chi connectivity index (χ1) is 15.0. The predicted octanol–water partition coefficient (Wildman–Crippen LogP) is 5.50. The molecule has 160 valence electrons. The number of para-hydroxylation sites is 1. The monoisotopic (exact) mass is 418 g/mol. The van der Waals surface area contributed by atoms with E-state index in [0.29, 0.717) is 23.7 Å². The lowest BCUT2D eigenvalue weighted by Gasteiger charge is -2.12. The molecule has 5 nitrogen and oxygen atoms in total. The summed E-state index contributed by atoms with van der Waals surface area (Å²) in [5.41, 5.74) is 3.25. The predicted molar refractivity (Wildman–Crippen MR) is 121 cm³/mol. The molecular weight excluding hydrogens is 392 g/mol. The highest BCUT2D eigenvalue weighted by Gasteiger charge is 2.12. The first-order valence-corrected chi connectivity index (χ1v) is 9.85. The van der Waals surface area contributed by atoms with Crippen LogP contribution in [0, 0.1) is 6.92 Å². The highest BCUT2D eigenvalue weighted by Crippen LogP contribution is 2.26. The molecule has 0 aromatic heterocycles. The smallest absolute Gasteiger partial charge is 0.189 e. The SMILES string of the molecule is COc1ccc(OC)c(C(=O)/C=C/c2ccc(OC)c(COc3ccccc3C)c2)c1. The number of benzene rings is 3. The van der Waals surface area contributed by atoms with E-state index in [-0.39, 0.29) is 5.78 Å². The Bertz CT molecular complexity index is 1080. The number of hydrogen-bond donors (Lipinski definition) is 0. The van der Waals surface area contributed by atoms with Gasteiger partial charge in [-0.3, -0.25) is 4.79 Å². The van der Waals surface area contributed by atoms with Crippen LogP contribution in [0.4, 0.5) is 0 Å². The highest BCUT2D eigenvalue weighted by molar-refractivity contribution is 6.08. The van der Waals surface area contributed by atoms with Crippen molar-refractivity contribution in [1.82, 2.24) is 0 Å². The Balaban J connectivity index is 1.80. The number of aryl methyl sites for hydroxylation is 1. The topological polar surface area (TPSA) is 54.0 Å². The van der Waals surface area contributed by atoms with Gasteiger partial charge in [-0.2, -0.15) is 0 Å². The van der Waals surface area contributed by atoms with Crippen LogP contribution in [-0.4, -0.2) is 27.1 Å². The molecule has 0 aliphatic carbocycles. The molecule has 0 heterocycles. The molecule has 31 heavy (non-hydrogen) atoms. The summed E-state index contributed by atoms with van der Waals surface area (Å²) in [6.45, 7) is 2.36. The second-order valence-corrected chi connectivity index (χ2v) is 6.89. The van der Waals surface area contributed by atoms with Gasteiger partial charge in [-0.05, 0) is 60.5 Å². The molecule has 0 unspecified atom stereocenters. The summed E-state index contributed by atoms with van der Waals surface area (Å²) in [6, 6.07) is 18.7. The number of allylic oxidation sites excluding steroid dienone is 1. The van der Waals surface area contributed by atoms with Crippen LogP contribution in [0.25, 0.3) is 6.08 Å². The summed E-state index contributed by atoms with van der Waals surface area (Å²) in [7, 11) is 4.72. The zero-order valence-electron chi connectivity index (χ0n) is 18.2. The van der Waals surface area contributed by atoms with Gasteiger partial charge in [0.2, 0.25) is 0 Å². The Kier molecular flexibility index (Phi) is 7.33. The summed E-state index contributed by atoms with van der Waals surface area (Å²) in [5, 5.41) is 0. The first-order valence-electron chi connectivity index (χ1n) is 9.85. The lowest BCUT2D eigenvalue weighted by Crippen LogP contribution is -2.01. The molecule has 0 atom stereocenters. The van der Waals surface area contributed by atoms with E-state index in [1.165, 1.54) is 13.2 Å². The Labute approximate surface area is 182 Å². The molecule has 0 saturated carbocycles. The average Bonchev–Trinajstić information content (AvgIpc) is 2.81. The third-order valence-corrected chi connectivity index (χ3v) is 4.88. The Hall–Kier alpha value is -3.73. The number of rotatable bonds is 9. The standard InChI is InChI=1S/C26H26O5/c1-18-7-5-6-8-24(18)31-17-20-15-19(10-13-25(20)29-3)9-12-23(27)22-16-21(28-2)11-14-26(22)30-4/h5-16H,17H2,1-4H3/b12-9+. The van der Waals surface area contributed by atoms with Crippen LogP contribution in [0.15, 0.2) is 66.7 Å². The summed E-state index contributed by atoms with van der Waals surface area (Å²) < 4.78 is 22.0. The van der Waals surface area contributed by atoms with Crippen molar-refractivity contribution in [3.63, 3.8) is 0 Å². The van der Waals surface area contributed by atoms with Crippen molar-refractivity contribution in [2.24, 2.45) is 0 Å². The van der Waals surface area contributed by atoms with Crippen LogP contribution in [0.2, 0.25) is 0 Å². The van der Waals surface area contributed by atoms with E-state index in [1.54, 1.807) is 38.5 Å². The largest absolute Gasteiger partial charge is 0.497 e. The molecule has 0 amide bonds. The summed E-state index contributed by atoms with van der Waals surface area (Å²) in [6.07, 6.45) is 3.28. The summed E-state index contributed by atoms with van der Waals surface area (Å²) in [5.74, 6) is 2.47. The second kappa shape index (κ2) is 10.3. The van der Waals surface area contributed by atoms with Gasteiger partial charge in [-0.1, -0.05) is 30.3 Å². The molecular formula is C26H26O5. The summed E-state index contributed by atoms with van der Waals surface area (Å²) >= 11 is 0. The van der Waals surface area contributed by atoms with Crippen molar-refractivity contribution in [3.8, 4) is 23.0 Å². The third-order valence-electron chi connectivity index (χ3n) is 4.88. The maximum absolute atomic E-state index is 12.8. The van der Waals surface area contributed by atoms with Crippen molar-refractivity contribution < 1.29 is 23.7 Å². The van der Waals surface area contributed by atoms with Gasteiger partial charge in [0, 0.05) is 5.56 Å². The molecule has 0 aliphatic rings. The van der Waals surface area contributed by atoms with E-state index in [2.05, 4.69) is 0 Å². The average molecular weight is 418 g/mol. The van der Waals surface area contributed by atoms with Gasteiger partial charge in [0.1, 0.15) is 29.6 Å². The molecule has 0 bridgehead atoms. The van der Waals surface area contributed by atoms with Crippen molar-refractivity contribution in [2.45, 2.75) is 13.5 Å². The van der Waals surface area contributed by atoms with E-state index in [1.807, 2.05) is 49.4 Å². The van der Waals surface area contributed by atoms with Crippen molar-refractivity contribution in [1.29, 1.82) is 0 Å². The van der Waals surface area contributed by atoms with Crippen LogP contribution in [0.3, 0.4) is 0 Å². The van der Waals surface area contributed by atoms with E-state index >= 15 is 0 Å². The number of carbonyl (C=O) groups is 1. The Morgan fingerprint density at radius 3 is 2.29 bits per heavy atom. The molecule has 0 N–H and O–H groups in total. The molecule has 3 aromatic rings. The fraction of sp³-hybridized carbons (Fsp3) is 0.192. The Morgan fingerprint density at radius 1 is 0.839 bits per heavy atom. The van der Waals surface area contributed by atoms with Crippen molar-refractivity contribution in [3.05, 3.63) is 89.0 Å². The van der Waals surface area contributed by atoms with Gasteiger partial charge in [-0.25, -0.2) is 0 Å². The zero-order valence-corrected chi connectivity index (χ0v) is 18.2. The van der Waals surface area contributed by atoms with Crippen LogP contribution in [0.5, 0.6) is 23.0 Å². The Morgan fingerprint density at radius 2 is 1.58 bits per heavy atom. The van der Waals surface area contributed by atoms with Gasteiger partial charge in [-0.15, -0.1) is 0 Å². The van der Waals surface area contributed by atoms with E-state index in [0.717, 1.165) is 28.2 Å². The molecule has 0 aliphatic heterocycles. The van der Waals surface area contributed by atoms with Gasteiger partial charge in [0.15, 0.2) is 5.78 Å². The zero-order chi connectivity index (χ0) is 22.2. The quantitative estimate of drug-likeness (QED) is 0.339. The number of ether oxygens (including phenoxy) is 4. The van der Waals surface area contributed by atoms with E-state index in [9.17, 15) is 4.79 Å². The van der Waals surface area contributed by atoms with Crippen LogP contribution in [0.1, 0.15) is 27.0 Å². The molecule has 0 spiro atoms. The maximum atomic E-state index is 12.8. The van der Waals surface area contributed by atoms with Crippen LogP contribution < -0.4 is 18.9 Å². The third kappa shape index (κ3) is 5.45. The van der Waals surface area contributed by atoms with Crippen LogP contribution in [-0.2, 0) is 6.61 Å². The van der Waals surface area contributed by atoms with Gasteiger partial charge >= 0.3 is 0 Å². The molecule has 0 radical (unpaired) electrons. The van der Waals surface area contributed by atoms with Crippen LogP contribution >= 0.6 is 0 Å². The van der Waals surface area contributed by atoms with Crippen molar-refractivity contribution in [2.75, 3.05) is 21.3 Å². The minimum atomic E-state index is -0.177. The molecule has 0 saturated heterocycles. The summed E-state index contributed by atoms with van der Waals surface area (Å²) in [4.78, 5) is 12.8. The molecule has 0 fully saturated rings. The first kappa shape index (κ1) is 22.0. The maximum Gasteiger partial charge on any atom is 0.189 e. The van der Waals surface area contributed by atoms with Gasteiger partial charge in [0.05, 0.1) is 26.9 Å². The fourth-order valence-corrected chi connectivity index (χ4v) is 3.16. The second-order valence-electron chi connectivity index (χ2n) is 6.89. The van der Waals surface area contributed by atoms with E-state index in [4.69, 9.17) is 18.9 Å². The number of carbonyl (C=O) groups excluding carboxylic acids is 1. The number of methoxy groups -OCH3 is 3. The fourth-order valence-electron chi connectivity index (χ4n) is 3.16.